The normalized spacial score (nSPS) is 15.6. The number of rotatable bonds is 6. The second-order valence-electron chi connectivity index (χ2n) is 6.78. The molecule has 0 saturated carbocycles. The first-order chi connectivity index (χ1) is 13.9. The van der Waals surface area contributed by atoms with E-state index in [-0.39, 0.29) is 17.6 Å². The number of halogens is 1. The van der Waals surface area contributed by atoms with Crippen molar-refractivity contribution >= 4 is 34.6 Å². The van der Waals surface area contributed by atoms with Gasteiger partial charge >= 0.3 is 0 Å². The Hall–Kier alpha value is -2.84. The molecule has 0 radical (unpaired) electrons. The Labute approximate surface area is 174 Å². The molecule has 0 unspecified atom stereocenters. The largest absolute Gasteiger partial charge is 0.495 e. The van der Waals surface area contributed by atoms with Crippen LogP contribution in [0.1, 0.15) is 6.92 Å². The molecule has 0 spiro atoms. The minimum atomic E-state index is -0.420. The number of nitrogens with zero attached hydrogens (tertiary/aromatic N) is 3. The monoisotopic (exact) mass is 418 g/mol. The number of nitrogens with one attached hydrogen (secondary N) is 1. The highest BCUT2D eigenvalue weighted by Gasteiger charge is 2.28. The number of carbonyl (C=O) groups is 1. The Morgan fingerprint density at radius 1 is 1.21 bits per heavy atom. The molecule has 0 aliphatic carbocycles. The summed E-state index contributed by atoms with van der Waals surface area (Å²) in [6.07, 6.45) is 0. The van der Waals surface area contributed by atoms with Crippen LogP contribution in [0, 0.1) is 10.1 Å². The van der Waals surface area contributed by atoms with E-state index < -0.39 is 4.92 Å². The summed E-state index contributed by atoms with van der Waals surface area (Å²) in [6, 6.07) is 11.6. The van der Waals surface area contributed by atoms with Crippen LogP contribution in [0.15, 0.2) is 42.5 Å². The highest BCUT2D eigenvalue weighted by Crippen LogP contribution is 2.32. The average molecular weight is 419 g/mol. The van der Waals surface area contributed by atoms with Crippen LogP contribution < -0.4 is 15.0 Å². The van der Waals surface area contributed by atoms with Crippen LogP contribution in [0.4, 0.5) is 17.1 Å². The Morgan fingerprint density at radius 3 is 2.55 bits per heavy atom. The first kappa shape index (κ1) is 20.9. The van der Waals surface area contributed by atoms with Crippen molar-refractivity contribution in [3.05, 3.63) is 57.6 Å². The maximum atomic E-state index is 12.7. The number of para-hydroxylation sites is 2. The second-order valence-corrected chi connectivity index (χ2v) is 7.22. The number of carbonyl (C=O) groups excluding carboxylic acids is 1. The second kappa shape index (κ2) is 9.11. The summed E-state index contributed by atoms with van der Waals surface area (Å²) in [5.41, 5.74) is 1.17. The fraction of sp³-hybridized carbons (Fsp3) is 0.350. The summed E-state index contributed by atoms with van der Waals surface area (Å²) in [4.78, 5) is 27.6. The van der Waals surface area contributed by atoms with Crippen molar-refractivity contribution in [2.75, 3.05) is 43.5 Å². The summed E-state index contributed by atoms with van der Waals surface area (Å²) >= 11 is 5.90. The van der Waals surface area contributed by atoms with E-state index in [9.17, 15) is 14.9 Å². The van der Waals surface area contributed by atoms with Gasteiger partial charge in [0.05, 0.1) is 23.8 Å². The van der Waals surface area contributed by atoms with Crippen LogP contribution >= 0.6 is 11.6 Å². The number of piperazine rings is 1. The van der Waals surface area contributed by atoms with Crippen LogP contribution in [0.5, 0.6) is 5.75 Å². The maximum Gasteiger partial charge on any atom is 0.294 e. The number of benzene rings is 2. The molecule has 1 aliphatic heterocycles. The summed E-state index contributed by atoms with van der Waals surface area (Å²) in [5, 5.41) is 14.6. The lowest BCUT2D eigenvalue weighted by Gasteiger charge is -2.38. The van der Waals surface area contributed by atoms with Crippen LogP contribution in [-0.4, -0.2) is 55.1 Å². The average Bonchev–Trinajstić information content (AvgIpc) is 2.73. The summed E-state index contributed by atoms with van der Waals surface area (Å²) < 4.78 is 5.27. The molecule has 3 rings (SSSR count). The van der Waals surface area contributed by atoms with Gasteiger partial charge in [0.1, 0.15) is 11.4 Å². The minimum absolute atomic E-state index is 0.00656. The van der Waals surface area contributed by atoms with Gasteiger partial charge in [-0.15, -0.1) is 0 Å². The highest BCUT2D eigenvalue weighted by molar-refractivity contribution is 6.30. The van der Waals surface area contributed by atoms with E-state index in [2.05, 4.69) is 10.2 Å². The van der Waals surface area contributed by atoms with Gasteiger partial charge in [0.15, 0.2) is 0 Å². The molecule has 0 bridgehead atoms. The number of methoxy groups -OCH3 is 1. The third kappa shape index (κ3) is 4.78. The lowest BCUT2D eigenvalue weighted by atomic mass is 10.1. The van der Waals surface area contributed by atoms with Gasteiger partial charge in [-0.25, -0.2) is 0 Å². The molecule has 2 aromatic rings. The predicted molar refractivity (Wildman–Crippen MR) is 113 cm³/mol. The number of nitro benzene ring substituents is 1. The molecule has 1 heterocycles. The van der Waals surface area contributed by atoms with Crippen molar-refractivity contribution in [1.82, 2.24) is 4.90 Å². The van der Waals surface area contributed by atoms with Crippen LogP contribution in [0.2, 0.25) is 5.02 Å². The van der Waals surface area contributed by atoms with Gasteiger partial charge in [-0.1, -0.05) is 23.7 Å². The molecule has 1 atom stereocenters. The van der Waals surface area contributed by atoms with Gasteiger partial charge < -0.3 is 15.0 Å². The highest BCUT2D eigenvalue weighted by atomic mass is 35.5. The van der Waals surface area contributed by atoms with E-state index >= 15 is 0 Å². The van der Waals surface area contributed by atoms with Crippen molar-refractivity contribution in [1.29, 1.82) is 0 Å². The van der Waals surface area contributed by atoms with Gasteiger partial charge in [-0.2, -0.15) is 0 Å². The third-order valence-electron chi connectivity index (χ3n) is 5.08. The molecular formula is C20H23ClN4O4. The van der Waals surface area contributed by atoms with E-state index in [1.807, 2.05) is 24.0 Å². The van der Waals surface area contributed by atoms with Crippen LogP contribution in [0.25, 0.3) is 0 Å². The van der Waals surface area contributed by atoms with E-state index in [1.165, 1.54) is 6.07 Å². The fourth-order valence-electron chi connectivity index (χ4n) is 3.41. The molecule has 29 heavy (non-hydrogen) atoms. The minimum Gasteiger partial charge on any atom is -0.495 e. The van der Waals surface area contributed by atoms with E-state index in [1.54, 1.807) is 31.4 Å². The van der Waals surface area contributed by atoms with Crippen LogP contribution in [0.3, 0.4) is 0 Å². The topological polar surface area (TPSA) is 88.0 Å². The number of hydrogen-bond acceptors (Lipinski definition) is 6. The summed E-state index contributed by atoms with van der Waals surface area (Å²) in [6.45, 7) is 4.23. The Kier molecular flexibility index (Phi) is 6.56. The molecule has 1 fully saturated rings. The number of ether oxygens (including phenoxy) is 1. The zero-order valence-corrected chi connectivity index (χ0v) is 17.1. The van der Waals surface area contributed by atoms with Gasteiger partial charge in [-0.3, -0.25) is 19.8 Å². The molecule has 1 saturated heterocycles. The molecule has 2 aromatic carbocycles. The van der Waals surface area contributed by atoms with Gasteiger partial charge in [0.2, 0.25) is 5.91 Å². The third-order valence-corrected chi connectivity index (χ3v) is 5.32. The Balaban J connectivity index is 1.63. The lowest BCUT2D eigenvalue weighted by molar-refractivity contribution is -0.384. The number of amides is 1. The smallest absolute Gasteiger partial charge is 0.294 e. The molecule has 0 aromatic heterocycles. The Bertz CT molecular complexity index is 900. The quantitative estimate of drug-likeness (QED) is 0.571. The molecule has 1 N–H and O–H groups in total. The van der Waals surface area contributed by atoms with Gasteiger partial charge in [-0.05, 0) is 31.2 Å². The number of hydrogen-bond donors (Lipinski definition) is 1. The first-order valence-corrected chi connectivity index (χ1v) is 9.65. The van der Waals surface area contributed by atoms with Crippen molar-refractivity contribution in [2.24, 2.45) is 0 Å². The number of anilines is 2. The molecule has 8 nitrogen and oxygen atoms in total. The lowest BCUT2D eigenvalue weighted by Crippen LogP contribution is -2.53. The standard InChI is InChI=1S/C20H23ClN4O4/c1-14(20(26)22-16-5-3-4-6-19(16)29-2)23-9-11-24(12-10-23)17-8-7-15(21)13-18(17)25(27)28/h3-8,13-14H,9-12H2,1-2H3,(H,22,26)/t14-/m0/s1. The first-order valence-electron chi connectivity index (χ1n) is 9.27. The summed E-state index contributed by atoms with van der Waals surface area (Å²) in [5.74, 6) is 0.480. The van der Waals surface area contributed by atoms with Crippen molar-refractivity contribution in [2.45, 2.75) is 13.0 Å². The molecule has 154 valence electrons. The van der Waals surface area contributed by atoms with E-state index in [0.29, 0.717) is 48.3 Å². The Morgan fingerprint density at radius 2 is 1.90 bits per heavy atom. The SMILES string of the molecule is COc1ccccc1NC(=O)[C@H](C)N1CCN(c2ccc(Cl)cc2[N+](=O)[O-])CC1. The maximum absolute atomic E-state index is 12.7. The fourth-order valence-corrected chi connectivity index (χ4v) is 3.58. The van der Waals surface area contributed by atoms with E-state index in [0.717, 1.165) is 0 Å². The molecule has 1 aliphatic rings. The molecule has 1 amide bonds. The zero-order chi connectivity index (χ0) is 21.0. The molecule has 9 heteroatoms. The predicted octanol–water partition coefficient (Wildman–Crippen LogP) is 3.41. The van der Waals surface area contributed by atoms with Crippen molar-refractivity contribution < 1.29 is 14.5 Å². The van der Waals surface area contributed by atoms with Gasteiger partial charge in [0, 0.05) is 37.3 Å². The van der Waals surface area contributed by atoms with Crippen molar-refractivity contribution in [3.8, 4) is 5.75 Å². The van der Waals surface area contributed by atoms with Crippen molar-refractivity contribution in [3.63, 3.8) is 0 Å². The summed E-state index contributed by atoms with van der Waals surface area (Å²) in [7, 11) is 1.56. The van der Waals surface area contributed by atoms with Gasteiger partial charge in [0.25, 0.3) is 5.69 Å². The zero-order valence-electron chi connectivity index (χ0n) is 16.3. The molecular weight excluding hydrogens is 396 g/mol. The van der Waals surface area contributed by atoms with Crippen LogP contribution in [-0.2, 0) is 4.79 Å². The van der Waals surface area contributed by atoms with E-state index in [4.69, 9.17) is 16.3 Å². The number of nitro groups is 1.